The van der Waals surface area contributed by atoms with Gasteiger partial charge in [-0.25, -0.2) is 0 Å². The standard InChI is InChI=1S/C16H20N2/c1-11(2)10-18(3)14-7-12-5-4-6-15-16(12)13(8-14)9-17-15/h4-6,9,14,17H,1,7-8,10H2,2-3H3. The number of H-pyrrole nitrogens is 1. The fraction of sp³-hybridized carbons (Fsp3) is 0.375. The van der Waals surface area contributed by atoms with Crippen molar-refractivity contribution in [2.24, 2.45) is 0 Å². The van der Waals surface area contributed by atoms with Crippen molar-refractivity contribution >= 4 is 10.9 Å². The monoisotopic (exact) mass is 240 g/mol. The molecule has 0 bridgehead atoms. The van der Waals surface area contributed by atoms with Crippen LogP contribution in [0.2, 0.25) is 0 Å². The van der Waals surface area contributed by atoms with Crippen LogP contribution in [0.15, 0.2) is 36.5 Å². The van der Waals surface area contributed by atoms with Gasteiger partial charge in [0.2, 0.25) is 0 Å². The quantitative estimate of drug-likeness (QED) is 0.817. The Balaban J connectivity index is 1.92. The maximum absolute atomic E-state index is 4.02. The highest BCUT2D eigenvalue weighted by Gasteiger charge is 2.24. The number of nitrogens with zero attached hydrogens (tertiary/aromatic N) is 1. The molecule has 1 aliphatic carbocycles. The molecular weight excluding hydrogens is 220 g/mol. The van der Waals surface area contributed by atoms with Gasteiger partial charge < -0.3 is 4.98 Å². The topological polar surface area (TPSA) is 19.0 Å². The van der Waals surface area contributed by atoms with Crippen LogP contribution in [0.1, 0.15) is 18.1 Å². The molecule has 0 saturated heterocycles. The first-order valence-corrected chi connectivity index (χ1v) is 6.57. The third-order valence-electron chi connectivity index (χ3n) is 3.93. The van der Waals surface area contributed by atoms with Gasteiger partial charge in [0.1, 0.15) is 0 Å². The molecule has 0 saturated carbocycles. The molecule has 1 unspecified atom stereocenters. The lowest BCUT2D eigenvalue weighted by atomic mass is 9.88. The van der Waals surface area contributed by atoms with Crippen LogP contribution < -0.4 is 0 Å². The van der Waals surface area contributed by atoms with Crippen molar-refractivity contribution in [2.45, 2.75) is 25.8 Å². The smallest absolute Gasteiger partial charge is 0.0459 e. The van der Waals surface area contributed by atoms with Crippen LogP contribution in [0.3, 0.4) is 0 Å². The molecule has 0 spiro atoms. The highest BCUT2D eigenvalue weighted by molar-refractivity contribution is 5.87. The summed E-state index contributed by atoms with van der Waals surface area (Å²) in [6, 6.07) is 7.18. The van der Waals surface area contributed by atoms with E-state index in [1.165, 1.54) is 27.6 Å². The molecule has 1 heterocycles. The van der Waals surface area contributed by atoms with Crippen molar-refractivity contribution in [1.82, 2.24) is 9.88 Å². The largest absolute Gasteiger partial charge is 0.361 e. The summed E-state index contributed by atoms with van der Waals surface area (Å²) < 4.78 is 0. The number of aromatic amines is 1. The second-order valence-electron chi connectivity index (χ2n) is 5.59. The number of benzene rings is 1. The minimum Gasteiger partial charge on any atom is -0.361 e. The minimum absolute atomic E-state index is 0.593. The first-order chi connectivity index (χ1) is 8.65. The van der Waals surface area contributed by atoms with E-state index in [9.17, 15) is 0 Å². The molecule has 94 valence electrons. The predicted molar refractivity (Wildman–Crippen MR) is 76.9 cm³/mol. The number of likely N-dealkylation sites (N-methyl/N-ethyl adjacent to an activating group) is 1. The van der Waals surface area contributed by atoms with Crippen LogP contribution in [-0.4, -0.2) is 29.5 Å². The first-order valence-electron chi connectivity index (χ1n) is 6.57. The van der Waals surface area contributed by atoms with Crippen LogP contribution >= 0.6 is 0 Å². The fourth-order valence-electron chi connectivity index (χ4n) is 3.11. The molecule has 1 aromatic carbocycles. The van der Waals surface area contributed by atoms with Crippen molar-refractivity contribution in [2.75, 3.05) is 13.6 Å². The Morgan fingerprint density at radius 1 is 1.39 bits per heavy atom. The van der Waals surface area contributed by atoms with Gasteiger partial charge >= 0.3 is 0 Å². The lowest BCUT2D eigenvalue weighted by molar-refractivity contribution is 0.255. The Kier molecular flexibility index (Phi) is 2.75. The Labute approximate surface area is 108 Å². The zero-order chi connectivity index (χ0) is 12.7. The van der Waals surface area contributed by atoms with E-state index in [1.54, 1.807) is 0 Å². The Morgan fingerprint density at radius 2 is 2.17 bits per heavy atom. The summed E-state index contributed by atoms with van der Waals surface area (Å²) in [5.41, 5.74) is 5.46. The van der Waals surface area contributed by atoms with Crippen LogP contribution in [0.5, 0.6) is 0 Å². The van der Waals surface area contributed by atoms with Crippen LogP contribution in [0.25, 0.3) is 10.9 Å². The second-order valence-corrected chi connectivity index (χ2v) is 5.59. The van der Waals surface area contributed by atoms with Crippen LogP contribution in [0, 0.1) is 0 Å². The van der Waals surface area contributed by atoms with E-state index in [4.69, 9.17) is 0 Å². The Morgan fingerprint density at radius 3 is 2.94 bits per heavy atom. The van der Waals surface area contributed by atoms with Crippen molar-refractivity contribution in [3.05, 3.63) is 47.7 Å². The molecule has 2 aromatic rings. The molecule has 18 heavy (non-hydrogen) atoms. The van der Waals surface area contributed by atoms with Gasteiger partial charge in [-0.1, -0.05) is 24.3 Å². The lowest BCUT2D eigenvalue weighted by Gasteiger charge is -2.31. The van der Waals surface area contributed by atoms with Crippen molar-refractivity contribution in [3.8, 4) is 0 Å². The highest BCUT2D eigenvalue weighted by atomic mass is 15.1. The number of hydrogen-bond donors (Lipinski definition) is 1. The molecule has 1 aliphatic rings. The molecule has 1 aromatic heterocycles. The normalized spacial score (nSPS) is 18.5. The van der Waals surface area contributed by atoms with Crippen molar-refractivity contribution in [3.63, 3.8) is 0 Å². The van der Waals surface area contributed by atoms with Crippen LogP contribution in [0.4, 0.5) is 0 Å². The molecular formula is C16H20N2. The molecule has 0 fully saturated rings. The van der Waals surface area contributed by atoms with Crippen LogP contribution in [-0.2, 0) is 12.8 Å². The van der Waals surface area contributed by atoms with Crippen molar-refractivity contribution < 1.29 is 0 Å². The van der Waals surface area contributed by atoms with Gasteiger partial charge in [-0.3, -0.25) is 4.90 Å². The van der Waals surface area contributed by atoms with E-state index in [2.05, 4.69) is 54.8 Å². The second kappa shape index (κ2) is 4.29. The van der Waals surface area contributed by atoms with Gasteiger partial charge in [0.15, 0.2) is 0 Å². The van der Waals surface area contributed by atoms with Gasteiger partial charge in [-0.2, -0.15) is 0 Å². The molecule has 2 nitrogen and oxygen atoms in total. The summed E-state index contributed by atoms with van der Waals surface area (Å²) in [7, 11) is 2.21. The first kappa shape index (κ1) is 11.5. The maximum atomic E-state index is 4.02. The maximum Gasteiger partial charge on any atom is 0.0459 e. The van der Waals surface area contributed by atoms with Gasteiger partial charge in [0.05, 0.1) is 0 Å². The Hall–Kier alpha value is -1.54. The van der Waals surface area contributed by atoms with E-state index in [-0.39, 0.29) is 0 Å². The lowest BCUT2D eigenvalue weighted by Crippen LogP contribution is -2.37. The summed E-state index contributed by atoms with van der Waals surface area (Å²) >= 11 is 0. The SMILES string of the molecule is C=C(C)CN(C)C1Cc2cccc3[nH]cc(c23)C1. The van der Waals surface area contributed by atoms with Gasteiger partial charge in [0.25, 0.3) is 0 Å². The van der Waals surface area contributed by atoms with E-state index >= 15 is 0 Å². The predicted octanol–water partition coefficient (Wildman–Crippen LogP) is 3.14. The third kappa shape index (κ3) is 1.87. The molecule has 1 N–H and O–H groups in total. The molecule has 0 radical (unpaired) electrons. The van der Waals surface area contributed by atoms with Gasteiger partial charge in [-0.05, 0) is 44.0 Å². The van der Waals surface area contributed by atoms with E-state index in [1.807, 2.05) is 0 Å². The fourth-order valence-corrected chi connectivity index (χ4v) is 3.11. The molecule has 2 heteroatoms. The number of rotatable bonds is 3. The average molecular weight is 240 g/mol. The van der Waals surface area contributed by atoms with Gasteiger partial charge in [-0.15, -0.1) is 0 Å². The molecule has 3 rings (SSSR count). The minimum atomic E-state index is 0.593. The Bertz CT molecular complexity index is 594. The number of hydrogen-bond acceptors (Lipinski definition) is 1. The highest BCUT2D eigenvalue weighted by Crippen LogP contribution is 2.31. The van der Waals surface area contributed by atoms with E-state index in [0.717, 1.165) is 19.4 Å². The molecule has 0 aliphatic heterocycles. The van der Waals surface area contributed by atoms with E-state index in [0.29, 0.717) is 6.04 Å². The zero-order valence-electron chi connectivity index (χ0n) is 11.2. The zero-order valence-corrected chi connectivity index (χ0v) is 11.2. The van der Waals surface area contributed by atoms with E-state index < -0.39 is 0 Å². The summed E-state index contributed by atoms with van der Waals surface area (Å²) in [5.74, 6) is 0. The summed E-state index contributed by atoms with van der Waals surface area (Å²) in [6.07, 6.45) is 4.46. The average Bonchev–Trinajstić information content (AvgIpc) is 2.74. The molecule has 1 atom stereocenters. The third-order valence-corrected chi connectivity index (χ3v) is 3.93. The summed E-state index contributed by atoms with van der Waals surface area (Å²) in [4.78, 5) is 5.81. The summed E-state index contributed by atoms with van der Waals surface area (Å²) in [5, 5.41) is 1.46. The van der Waals surface area contributed by atoms with Crippen molar-refractivity contribution in [1.29, 1.82) is 0 Å². The number of aromatic nitrogens is 1. The number of nitrogens with one attached hydrogen (secondary N) is 1. The van der Waals surface area contributed by atoms with Gasteiger partial charge in [0, 0.05) is 29.7 Å². The molecule has 0 amide bonds. The summed E-state index contributed by atoms with van der Waals surface area (Å²) in [6.45, 7) is 7.10.